The van der Waals surface area contributed by atoms with E-state index in [2.05, 4.69) is 0 Å². The Hall–Kier alpha value is -0.770. The second kappa shape index (κ2) is 6.60. The average Bonchev–Trinajstić information content (AvgIpc) is 2.42. The van der Waals surface area contributed by atoms with Gasteiger partial charge in [-0.1, -0.05) is 29.3 Å². The molecule has 1 aromatic carbocycles. The van der Waals surface area contributed by atoms with E-state index in [1.807, 2.05) is 4.90 Å². The molecule has 1 heterocycles. The maximum Gasteiger partial charge on any atom is 0.227 e. The molecule has 0 unspecified atom stereocenters. The summed E-state index contributed by atoms with van der Waals surface area (Å²) in [6, 6.07) is 5.45. The van der Waals surface area contributed by atoms with Gasteiger partial charge in [-0.25, -0.2) is 0 Å². The van der Waals surface area contributed by atoms with Crippen molar-refractivity contribution in [3.63, 3.8) is 0 Å². The Morgan fingerprint density at radius 3 is 2.63 bits per heavy atom. The van der Waals surface area contributed by atoms with Gasteiger partial charge < -0.3 is 10.6 Å². The summed E-state index contributed by atoms with van der Waals surface area (Å²) in [5.74, 6) is 0.0603. The highest BCUT2D eigenvalue weighted by molar-refractivity contribution is 6.36. The summed E-state index contributed by atoms with van der Waals surface area (Å²) >= 11 is 12.2. The molecule has 3 nitrogen and oxygen atoms in total. The van der Waals surface area contributed by atoms with Crippen LogP contribution in [-0.2, 0) is 11.2 Å². The van der Waals surface area contributed by atoms with Crippen molar-refractivity contribution in [1.29, 1.82) is 0 Å². The van der Waals surface area contributed by atoms with Crippen LogP contribution in [0, 0.1) is 0 Å². The van der Waals surface area contributed by atoms with Crippen LogP contribution in [0.3, 0.4) is 0 Å². The molecule has 1 aliphatic rings. The first kappa shape index (κ1) is 14.6. The minimum absolute atomic E-state index is 0.0603. The van der Waals surface area contributed by atoms with Gasteiger partial charge in [-0.15, -0.1) is 0 Å². The topological polar surface area (TPSA) is 46.3 Å². The number of likely N-dealkylation sites (tertiary alicyclic amines) is 1. The highest BCUT2D eigenvalue weighted by Gasteiger charge is 2.26. The van der Waals surface area contributed by atoms with Crippen molar-refractivity contribution in [3.8, 4) is 0 Å². The Balaban J connectivity index is 2.12. The van der Waals surface area contributed by atoms with Gasteiger partial charge in [-0.05, 0) is 37.0 Å². The molecule has 0 aromatic heterocycles. The largest absolute Gasteiger partial charge is 0.338 e. The summed E-state index contributed by atoms with van der Waals surface area (Å²) in [6.07, 6.45) is 3.41. The number of hydrogen-bond donors (Lipinski definition) is 1. The van der Waals surface area contributed by atoms with Gasteiger partial charge >= 0.3 is 0 Å². The third-order valence-corrected chi connectivity index (χ3v) is 4.32. The van der Waals surface area contributed by atoms with Crippen LogP contribution in [0.5, 0.6) is 0 Å². The van der Waals surface area contributed by atoms with Gasteiger partial charge in [0.05, 0.1) is 6.42 Å². The minimum atomic E-state index is 0.0603. The quantitative estimate of drug-likeness (QED) is 0.933. The second-order valence-corrected chi connectivity index (χ2v) is 5.66. The third kappa shape index (κ3) is 3.41. The molecular formula is C14H18Cl2N2O. The first-order valence-electron chi connectivity index (χ1n) is 6.56. The van der Waals surface area contributed by atoms with Crippen LogP contribution in [-0.4, -0.2) is 29.9 Å². The number of hydrogen-bond acceptors (Lipinski definition) is 2. The van der Waals surface area contributed by atoms with Crippen LogP contribution in [0.25, 0.3) is 0 Å². The predicted octanol–water partition coefficient (Wildman–Crippen LogP) is 2.88. The molecule has 1 atom stereocenters. The Labute approximate surface area is 123 Å². The van der Waals surface area contributed by atoms with Crippen LogP contribution in [0.4, 0.5) is 0 Å². The van der Waals surface area contributed by atoms with Gasteiger partial charge in [-0.3, -0.25) is 4.79 Å². The molecule has 1 aliphatic heterocycles. The lowest BCUT2D eigenvalue weighted by molar-refractivity contribution is -0.133. The number of benzene rings is 1. The van der Waals surface area contributed by atoms with E-state index in [4.69, 9.17) is 28.9 Å². The zero-order valence-corrected chi connectivity index (χ0v) is 12.3. The van der Waals surface area contributed by atoms with Gasteiger partial charge in [0.15, 0.2) is 0 Å². The fraction of sp³-hybridized carbons (Fsp3) is 0.500. The van der Waals surface area contributed by atoms with E-state index >= 15 is 0 Å². The maximum atomic E-state index is 12.4. The summed E-state index contributed by atoms with van der Waals surface area (Å²) in [5.41, 5.74) is 6.44. The van der Waals surface area contributed by atoms with Crippen LogP contribution in [0.2, 0.25) is 10.0 Å². The van der Waals surface area contributed by atoms with Gasteiger partial charge in [0, 0.05) is 29.2 Å². The van der Waals surface area contributed by atoms with E-state index in [0.717, 1.165) is 25.8 Å². The van der Waals surface area contributed by atoms with Gasteiger partial charge in [0.25, 0.3) is 0 Å². The summed E-state index contributed by atoms with van der Waals surface area (Å²) in [4.78, 5) is 14.3. The molecule has 1 aromatic rings. The van der Waals surface area contributed by atoms with Gasteiger partial charge in [-0.2, -0.15) is 0 Å². The Morgan fingerprint density at radius 2 is 2.00 bits per heavy atom. The van der Waals surface area contributed by atoms with Crippen LogP contribution < -0.4 is 5.73 Å². The molecule has 0 bridgehead atoms. The number of rotatable bonds is 3. The molecule has 0 radical (unpaired) electrons. The molecule has 0 saturated carbocycles. The Morgan fingerprint density at radius 1 is 1.32 bits per heavy atom. The van der Waals surface area contributed by atoms with Crippen LogP contribution in [0.15, 0.2) is 18.2 Å². The Bertz CT molecular complexity index is 445. The van der Waals surface area contributed by atoms with Gasteiger partial charge in [0.1, 0.15) is 0 Å². The molecule has 1 amide bonds. The molecule has 2 rings (SSSR count). The van der Waals surface area contributed by atoms with E-state index in [1.165, 1.54) is 0 Å². The zero-order chi connectivity index (χ0) is 13.8. The lowest BCUT2D eigenvalue weighted by atomic mass is 10.0. The molecule has 1 saturated heterocycles. The van der Waals surface area contributed by atoms with E-state index < -0.39 is 0 Å². The number of nitrogens with two attached hydrogens (primary N) is 1. The number of halogens is 2. The second-order valence-electron chi connectivity index (χ2n) is 4.85. The maximum absolute atomic E-state index is 12.4. The van der Waals surface area contributed by atoms with E-state index in [9.17, 15) is 4.79 Å². The molecule has 19 heavy (non-hydrogen) atoms. The summed E-state index contributed by atoms with van der Waals surface area (Å²) in [7, 11) is 0. The zero-order valence-electron chi connectivity index (χ0n) is 10.7. The predicted molar refractivity (Wildman–Crippen MR) is 78.6 cm³/mol. The van der Waals surface area contributed by atoms with Crippen LogP contribution >= 0.6 is 23.2 Å². The van der Waals surface area contributed by atoms with Crippen LogP contribution in [0.1, 0.15) is 24.8 Å². The third-order valence-electron chi connectivity index (χ3n) is 3.61. The Kier molecular flexibility index (Phi) is 5.08. The molecule has 1 fully saturated rings. The SMILES string of the molecule is NC[C@H]1CCCCN1C(=O)Cc1c(Cl)cccc1Cl. The fourth-order valence-electron chi connectivity index (χ4n) is 2.53. The highest BCUT2D eigenvalue weighted by Crippen LogP contribution is 2.26. The van der Waals surface area contributed by atoms with Crippen molar-refractivity contribution in [1.82, 2.24) is 4.90 Å². The monoisotopic (exact) mass is 300 g/mol. The number of carbonyl (C=O) groups is 1. The molecular weight excluding hydrogens is 283 g/mol. The van der Waals surface area contributed by atoms with Crippen molar-refractivity contribution in [2.45, 2.75) is 31.7 Å². The van der Waals surface area contributed by atoms with E-state index in [1.54, 1.807) is 18.2 Å². The van der Waals surface area contributed by atoms with Crippen molar-refractivity contribution < 1.29 is 4.79 Å². The molecule has 104 valence electrons. The van der Waals surface area contributed by atoms with Gasteiger partial charge in [0.2, 0.25) is 5.91 Å². The van der Waals surface area contributed by atoms with Crippen molar-refractivity contribution in [3.05, 3.63) is 33.8 Å². The van der Waals surface area contributed by atoms with E-state index in [-0.39, 0.29) is 18.4 Å². The first-order valence-corrected chi connectivity index (χ1v) is 7.31. The number of piperidine rings is 1. The smallest absolute Gasteiger partial charge is 0.227 e. The molecule has 0 aliphatic carbocycles. The molecule has 5 heteroatoms. The van der Waals surface area contributed by atoms with Crippen molar-refractivity contribution >= 4 is 29.1 Å². The van der Waals surface area contributed by atoms with E-state index in [0.29, 0.717) is 22.2 Å². The first-order chi connectivity index (χ1) is 9.13. The molecule has 0 spiro atoms. The number of nitrogens with zero attached hydrogens (tertiary/aromatic N) is 1. The standard InChI is InChI=1S/C14H18Cl2N2O/c15-12-5-3-6-13(16)11(12)8-14(19)18-7-2-1-4-10(18)9-17/h3,5-6,10H,1-2,4,7-9,17H2/t10-/m1/s1. The fourth-order valence-corrected chi connectivity index (χ4v) is 3.06. The molecule has 2 N–H and O–H groups in total. The summed E-state index contributed by atoms with van der Waals surface area (Å²) in [5, 5.41) is 1.09. The van der Waals surface area contributed by atoms with Crippen molar-refractivity contribution in [2.75, 3.05) is 13.1 Å². The minimum Gasteiger partial charge on any atom is -0.338 e. The summed E-state index contributed by atoms with van der Waals surface area (Å²) in [6.45, 7) is 1.30. The highest BCUT2D eigenvalue weighted by atomic mass is 35.5. The average molecular weight is 301 g/mol. The normalized spacial score (nSPS) is 19.5. The lowest BCUT2D eigenvalue weighted by Crippen LogP contribution is -2.48. The summed E-state index contributed by atoms with van der Waals surface area (Å²) < 4.78 is 0. The number of carbonyl (C=O) groups excluding carboxylic acids is 1. The number of amides is 1. The lowest BCUT2D eigenvalue weighted by Gasteiger charge is -2.35. The van der Waals surface area contributed by atoms with Crippen molar-refractivity contribution in [2.24, 2.45) is 5.73 Å².